The van der Waals surface area contributed by atoms with E-state index in [0.29, 0.717) is 11.3 Å². The maximum absolute atomic E-state index is 12.2. The summed E-state index contributed by atoms with van der Waals surface area (Å²) in [4.78, 5) is 23.4. The third-order valence-corrected chi connectivity index (χ3v) is 3.90. The van der Waals surface area contributed by atoms with Gasteiger partial charge < -0.3 is 25.8 Å². The molecule has 1 aliphatic rings. The summed E-state index contributed by atoms with van der Waals surface area (Å²) in [6.07, 6.45) is 1.71. The van der Waals surface area contributed by atoms with Crippen LogP contribution in [0, 0.1) is 0 Å². The molecule has 0 bridgehead atoms. The van der Waals surface area contributed by atoms with Gasteiger partial charge in [0.1, 0.15) is 12.3 Å². The molecule has 11 heteroatoms. The van der Waals surface area contributed by atoms with E-state index in [2.05, 4.69) is 15.6 Å². The standard InChI is InChI=1S/C14H16BN5O5/c16-5-9-6-17-19-20(9)7-12(21)18-11-4-8-2-1-3-10(14(22)23)13(8)25-15(11)24/h1-3,6,11,24H,4-5,7,16H2,(H,18,21)(H,22,23). The molecule has 130 valence electrons. The highest BCUT2D eigenvalue weighted by Crippen LogP contribution is 2.30. The molecule has 0 saturated heterocycles. The van der Waals surface area contributed by atoms with E-state index in [1.165, 1.54) is 16.9 Å². The van der Waals surface area contributed by atoms with Crippen molar-refractivity contribution in [2.75, 3.05) is 0 Å². The third kappa shape index (κ3) is 3.46. The number of fused-ring (bicyclic) bond motifs is 1. The van der Waals surface area contributed by atoms with E-state index in [9.17, 15) is 19.7 Å². The molecule has 0 saturated carbocycles. The van der Waals surface area contributed by atoms with Gasteiger partial charge in [-0.1, -0.05) is 17.3 Å². The van der Waals surface area contributed by atoms with Crippen LogP contribution in [0.25, 0.3) is 0 Å². The number of benzene rings is 1. The van der Waals surface area contributed by atoms with Gasteiger partial charge in [0.2, 0.25) is 5.91 Å². The highest BCUT2D eigenvalue weighted by Gasteiger charge is 2.37. The van der Waals surface area contributed by atoms with E-state index in [0.717, 1.165) is 0 Å². The number of amides is 1. The second-order valence-electron chi connectivity index (χ2n) is 5.57. The number of hydrogen-bond donors (Lipinski definition) is 4. The zero-order chi connectivity index (χ0) is 18.0. The van der Waals surface area contributed by atoms with Crippen molar-refractivity contribution in [2.24, 2.45) is 5.73 Å². The Hall–Kier alpha value is -2.92. The van der Waals surface area contributed by atoms with Gasteiger partial charge in [-0.3, -0.25) is 4.79 Å². The first-order valence-corrected chi connectivity index (χ1v) is 7.56. The number of carboxylic acids is 1. The summed E-state index contributed by atoms with van der Waals surface area (Å²) in [6, 6.07) is 4.67. The minimum Gasteiger partial charge on any atom is -0.534 e. The molecule has 1 atom stereocenters. The zero-order valence-corrected chi connectivity index (χ0v) is 13.1. The van der Waals surface area contributed by atoms with E-state index in [1.54, 1.807) is 12.1 Å². The van der Waals surface area contributed by atoms with Crippen molar-refractivity contribution in [3.63, 3.8) is 0 Å². The van der Waals surface area contributed by atoms with Gasteiger partial charge in [-0.15, -0.1) is 5.10 Å². The Morgan fingerprint density at radius 1 is 1.48 bits per heavy atom. The van der Waals surface area contributed by atoms with Crippen LogP contribution in [0.1, 0.15) is 21.6 Å². The van der Waals surface area contributed by atoms with Gasteiger partial charge in [0.25, 0.3) is 0 Å². The lowest BCUT2D eigenvalue weighted by Gasteiger charge is -2.28. The van der Waals surface area contributed by atoms with Crippen LogP contribution >= 0.6 is 0 Å². The predicted molar refractivity (Wildman–Crippen MR) is 85.6 cm³/mol. The van der Waals surface area contributed by atoms with Crippen LogP contribution in [-0.4, -0.2) is 50.1 Å². The first kappa shape index (κ1) is 16.9. The summed E-state index contributed by atoms with van der Waals surface area (Å²) in [5, 5.41) is 29.4. The van der Waals surface area contributed by atoms with Crippen LogP contribution in [0.2, 0.25) is 0 Å². The summed E-state index contributed by atoms with van der Waals surface area (Å²) in [6.45, 7) is 0.0958. The molecule has 2 heterocycles. The molecule has 3 rings (SSSR count). The van der Waals surface area contributed by atoms with Crippen molar-refractivity contribution in [3.8, 4) is 5.75 Å². The lowest BCUT2D eigenvalue weighted by Crippen LogP contribution is -2.53. The quantitative estimate of drug-likeness (QED) is 0.482. The van der Waals surface area contributed by atoms with Crippen LogP contribution in [0.5, 0.6) is 5.75 Å². The maximum atomic E-state index is 12.2. The van der Waals surface area contributed by atoms with Crippen molar-refractivity contribution in [3.05, 3.63) is 41.2 Å². The number of hydrogen-bond acceptors (Lipinski definition) is 7. The number of nitrogens with one attached hydrogen (secondary N) is 1. The normalized spacial score (nSPS) is 16.1. The monoisotopic (exact) mass is 345 g/mol. The SMILES string of the molecule is NCc1cnnn1CC(=O)NC1Cc2cccc(C(=O)O)c2OB1O. The largest absolute Gasteiger partial charge is 0.547 e. The second kappa shape index (κ2) is 6.91. The van der Waals surface area contributed by atoms with Gasteiger partial charge in [0.05, 0.1) is 23.4 Å². The summed E-state index contributed by atoms with van der Waals surface area (Å²) >= 11 is 0. The first-order valence-electron chi connectivity index (χ1n) is 7.56. The molecule has 1 aromatic carbocycles. The smallest absolute Gasteiger partial charge is 0.534 e. The van der Waals surface area contributed by atoms with E-state index in [4.69, 9.17) is 10.4 Å². The van der Waals surface area contributed by atoms with Gasteiger partial charge in [-0.2, -0.15) is 0 Å². The number of carbonyl (C=O) groups excluding carboxylic acids is 1. The number of nitrogens with two attached hydrogens (primary N) is 1. The van der Waals surface area contributed by atoms with E-state index in [1.807, 2.05) is 0 Å². The number of aromatic nitrogens is 3. The highest BCUT2D eigenvalue weighted by atomic mass is 16.5. The van der Waals surface area contributed by atoms with E-state index >= 15 is 0 Å². The Bertz CT molecular complexity index is 811. The summed E-state index contributed by atoms with van der Waals surface area (Å²) in [7, 11) is -1.36. The van der Waals surface area contributed by atoms with Crippen LogP contribution in [0.3, 0.4) is 0 Å². The number of rotatable bonds is 5. The maximum Gasteiger partial charge on any atom is 0.547 e. The molecule has 0 radical (unpaired) electrons. The van der Waals surface area contributed by atoms with Crippen molar-refractivity contribution in [1.29, 1.82) is 0 Å². The Balaban J connectivity index is 1.71. The van der Waals surface area contributed by atoms with Crippen LogP contribution < -0.4 is 15.7 Å². The van der Waals surface area contributed by atoms with Crippen molar-refractivity contribution < 1.29 is 24.4 Å². The number of carboxylic acid groups (broad SMARTS) is 1. The molecule has 0 spiro atoms. The number of para-hydroxylation sites is 1. The molecule has 0 aliphatic carbocycles. The van der Waals surface area contributed by atoms with Gasteiger partial charge >= 0.3 is 13.1 Å². The molecule has 25 heavy (non-hydrogen) atoms. The molecule has 1 amide bonds. The summed E-state index contributed by atoms with van der Waals surface area (Å²) < 4.78 is 6.69. The topological polar surface area (TPSA) is 153 Å². The predicted octanol–water partition coefficient (Wildman–Crippen LogP) is -1.43. The fourth-order valence-electron chi connectivity index (χ4n) is 2.67. The number of carbonyl (C=O) groups is 2. The highest BCUT2D eigenvalue weighted by molar-refractivity contribution is 6.47. The lowest BCUT2D eigenvalue weighted by atomic mass is 9.72. The van der Waals surface area contributed by atoms with Crippen LogP contribution in [0.4, 0.5) is 0 Å². The molecule has 1 aromatic heterocycles. The third-order valence-electron chi connectivity index (χ3n) is 3.90. The van der Waals surface area contributed by atoms with Gasteiger partial charge in [0, 0.05) is 6.54 Å². The van der Waals surface area contributed by atoms with Crippen LogP contribution in [0.15, 0.2) is 24.4 Å². The first-order chi connectivity index (χ1) is 12.0. The second-order valence-corrected chi connectivity index (χ2v) is 5.57. The Labute approximate surface area is 142 Å². The Morgan fingerprint density at radius 2 is 2.28 bits per heavy atom. The van der Waals surface area contributed by atoms with Gasteiger partial charge in [0.15, 0.2) is 0 Å². The fourth-order valence-corrected chi connectivity index (χ4v) is 2.67. The molecule has 2 aromatic rings. The Kier molecular flexibility index (Phi) is 4.68. The number of nitrogens with zero attached hydrogens (tertiary/aromatic N) is 3. The zero-order valence-electron chi connectivity index (χ0n) is 13.1. The van der Waals surface area contributed by atoms with Gasteiger partial charge in [-0.05, 0) is 18.1 Å². The van der Waals surface area contributed by atoms with Gasteiger partial charge in [-0.25, -0.2) is 9.48 Å². The summed E-state index contributed by atoms with van der Waals surface area (Å²) in [5.74, 6) is -2.14. The lowest BCUT2D eigenvalue weighted by molar-refractivity contribution is -0.122. The number of aromatic carboxylic acids is 1. The molecular formula is C14H16BN5O5. The van der Waals surface area contributed by atoms with Crippen molar-refractivity contribution >= 4 is 19.0 Å². The molecule has 1 aliphatic heterocycles. The molecular weight excluding hydrogens is 329 g/mol. The molecule has 5 N–H and O–H groups in total. The molecule has 0 fully saturated rings. The average Bonchev–Trinajstić information content (AvgIpc) is 3.01. The van der Waals surface area contributed by atoms with E-state index in [-0.39, 0.29) is 30.8 Å². The minimum atomic E-state index is -1.36. The van der Waals surface area contributed by atoms with Crippen molar-refractivity contribution in [1.82, 2.24) is 20.3 Å². The molecule has 10 nitrogen and oxygen atoms in total. The minimum absolute atomic E-state index is 0.0310. The van der Waals surface area contributed by atoms with Crippen molar-refractivity contribution in [2.45, 2.75) is 25.5 Å². The fraction of sp³-hybridized carbons (Fsp3) is 0.286. The van der Waals surface area contributed by atoms with Crippen LogP contribution in [-0.2, 0) is 24.3 Å². The average molecular weight is 345 g/mol. The molecule has 1 unspecified atom stereocenters. The van der Waals surface area contributed by atoms with E-state index < -0.39 is 24.9 Å². The Morgan fingerprint density at radius 3 is 3.00 bits per heavy atom. The summed E-state index contributed by atoms with van der Waals surface area (Å²) in [5.41, 5.74) is 6.70.